The van der Waals surface area contributed by atoms with Crippen molar-refractivity contribution in [3.8, 4) is 5.75 Å². The average Bonchev–Trinajstić information content (AvgIpc) is 2.29. The van der Waals surface area contributed by atoms with Crippen LogP contribution in [0, 0.1) is 0 Å². The van der Waals surface area contributed by atoms with Gasteiger partial charge in [-0.2, -0.15) is 0 Å². The minimum absolute atomic E-state index is 0.0420. The van der Waals surface area contributed by atoms with Gasteiger partial charge in [0.25, 0.3) is 0 Å². The molecule has 1 atom stereocenters. The third kappa shape index (κ3) is 3.27. The topological polar surface area (TPSA) is 35.5 Å². The predicted octanol–water partition coefficient (Wildman–Crippen LogP) is 2.65. The minimum Gasteiger partial charge on any atom is -0.497 e. The van der Waals surface area contributed by atoms with Crippen LogP contribution in [-0.2, 0) is 4.74 Å². The van der Waals surface area contributed by atoms with Crippen LogP contribution in [0.1, 0.15) is 30.6 Å². The Morgan fingerprint density at radius 3 is 2.40 bits per heavy atom. The Morgan fingerprint density at radius 2 is 1.93 bits per heavy atom. The van der Waals surface area contributed by atoms with E-state index >= 15 is 0 Å². The highest BCUT2D eigenvalue weighted by Crippen LogP contribution is 2.13. The van der Waals surface area contributed by atoms with Gasteiger partial charge in [-0.25, -0.2) is 4.79 Å². The fourth-order valence-corrected chi connectivity index (χ4v) is 1.06. The van der Waals surface area contributed by atoms with E-state index in [0.29, 0.717) is 5.56 Å². The van der Waals surface area contributed by atoms with Gasteiger partial charge in [0, 0.05) is 0 Å². The van der Waals surface area contributed by atoms with Gasteiger partial charge in [0.15, 0.2) is 0 Å². The third-order valence-electron chi connectivity index (χ3n) is 2.21. The Kier molecular flexibility index (Phi) is 4.16. The number of ether oxygens (including phenoxy) is 2. The first kappa shape index (κ1) is 11.6. The summed E-state index contributed by atoms with van der Waals surface area (Å²) >= 11 is 0. The molecule has 0 aliphatic heterocycles. The first-order valence-corrected chi connectivity index (χ1v) is 5.02. The molecule has 1 aromatic rings. The van der Waals surface area contributed by atoms with Crippen molar-refractivity contribution in [3.05, 3.63) is 29.8 Å². The molecule has 0 unspecified atom stereocenters. The SMILES string of the molecule is CC[C@@H](C)OC(=O)c1ccc(OC)cc1. The van der Waals surface area contributed by atoms with Crippen LogP contribution in [-0.4, -0.2) is 19.2 Å². The molecule has 0 saturated carbocycles. The molecular formula is C12H16O3. The molecule has 0 N–H and O–H groups in total. The summed E-state index contributed by atoms with van der Waals surface area (Å²) in [6.07, 6.45) is 0.779. The number of carbonyl (C=O) groups is 1. The fraction of sp³-hybridized carbons (Fsp3) is 0.417. The van der Waals surface area contributed by atoms with Gasteiger partial charge in [0.05, 0.1) is 18.8 Å². The Morgan fingerprint density at radius 1 is 1.33 bits per heavy atom. The van der Waals surface area contributed by atoms with E-state index < -0.39 is 0 Å². The van der Waals surface area contributed by atoms with E-state index in [0.717, 1.165) is 12.2 Å². The summed E-state index contributed by atoms with van der Waals surface area (Å²) in [6, 6.07) is 6.88. The summed E-state index contributed by atoms with van der Waals surface area (Å²) in [5, 5.41) is 0. The lowest BCUT2D eigenvalue weighted by atomic mass is 10.2. The zero-order valence-electron chi connectivity index (χ0n) is 9.32. The van der Waals surface area contributed by atoms with Gasteiger partial charge in [-0.05, 0) is 37.6 Å². The van der Waals surface area contributed by atoms with Crippen LogP contribution < -0.4 is 4.74 Å². The van der Waals surface area contributed by atoms with Crippen LogP contribution in [0.3, 0.4) is 0 Å². The number of rotatable bonds is 4. The van der Waals surface area contributed by atoms with Crippen LogP contribution in [0.2, 0.25) is 0 Å². The van der Waals surface area contributed by atoms with Crippen LogP contribution in [0.25, 0.3) is 0 Å². The number of benzene rings is 1. The molecule has 3 nitrogen and oxygen atoms in total. The van der Waals surface area contributed by atoms with Gasteiger partial charge >= 0.3 is 5.97 Å². The molecule has 0 radical (unpaired) electrons. The smallest absolute Gasteiger partial charge is 0.338 e. The predicted molar refractivity (Wildman–Crippen MR) is 58.2 cm³/mol. The van der Waals surface area contributed by atoms with Crippen molar-refractivity contribution in [2.45, 2.75) is 26.4 Å². The minimum atomic E-state index is -0.285. The molecule has 1 aromatic carbocycles. The summed E-state index contributed by atoms with van der Waals surface area (Å²) < 4.78 is 10.2. The lowest BCUT2D eigenvalue weighted by Crippen LogP contribution is -2.13. The second kappa shape index (κ2) is 5.39. The van der Waals surface area contributed by atoms with Crippen LogP contribution in [0.15, 0.2) is 24.3 Å². The molecule has 3 heteroatoms. The standard InChI is InChI=1S/C12H16O3/c1-4-9(2)15-12(13)10-5-7-11(14-3)8-6-10/h5-9H,4H2,1-3H3/t9-/m1/s1. The maximum absolute atomic E-state index is 11.6. The largest absolute Gasteiger partial charge is 0.497 e. The molecular weight excluding hydrogens is 192 g/mol. The summed E-state index contributed by atoms with van der Waals surface area (Å²) in [7, 11) is 1.59. The Bertz CT molecular complexity index is 316. The van der Waals surface area contributed by atoms with Crippen molar-refractivity contribution in [1.82, 2.24) is 0 Å². The lowest BCUT2D eigenvalue weighted by molar-refractivity contribution is 0.0334. The molecule has 0 aromatic heterocycles. The van der Waals surface area contributed by atoms with Crippen molar-refractivity contribution >= 4 is 5.97 Å². The highest BCUT2D eigenvalue weighted by Gasteiger charge is 2.10. The van der Waals surface area contributed by atoms with Crippen LogP contribution in [0.4, 0.5) is 0 Å². The van der Waals surface area contributed by atoms with E-state index in [1.165, 1.54) is 0 Å². The maximum atomic E-state index is 11.6. The van der Waals surface area contributed by atoms with Gasteiger partial charge < -0.3 is 9.47 Å². The molecule has 0 bridgehead atoms. The van der Waals surface area contributed by atoms with Gasteiger partial charge in [0.1, 0.15) is 5.75 Å². The second-order valence-electron chi connectivity index (χ2n) is 3.35. The third-order valence-corrected chi connectivity index (χ3v) is 2.21. The molecule has 0 aliphatic carbocycles. The van der Waals surface area contributed by atoms with E-state index in [4.69, 9.17) is 9.47 Å². The zero-order chi connectivity index (χ0) is 11.3. The van der Waals surface area contributed by atoms with E-state index in [1.54, 1.807) is 31.4 Å². The van der Waals surface area contributed by atoms with Gasteiger partial charge in [-0.1, -0.05) is 6.92 Å². The molecule has 0 spiro atoms. The number of hydrogen-bond acceptors (Lipinski definition) is 3. The molecule has 1 rings (SSSR count). The first-order chi connectivity index (χ1) is 7.17. The molecule has 0 amide bonds. The van der Waals surface area contributed by atoms with Crippen LogP contribution in [0.5, 0.6) is 5.75 Å². The van der Waals surface area contributed by atoms with Gasteiger partial charge in [0.2, 0.25) is 0 Å². The fourth-order valence-electron chi connectivity index (χ4n) is 1.06. The van der Waals surface area contributed by atoms with Crippen molar-refractivity contribution in [1.29, 1.82) is 0 Å². The Balaban J connectivity index is 2.66. The highest BCUT2D eigenvalue weighted by atomic mass is 16.5. The van der Waals surface area contributed by atoms with E-state index in [-0.39, 0.29) is 12.1 Å². The number of methoxy groups -OCH3 is 1. The van der Waals surface area contributed by atoms with Crippen molar-refractivity contribution < 1.29 is 14.3 Å². The van der Waals surface area contributed by atoms with Crippen molar-refractivity contribution in [3.63, 3.8) is 0 Å². The molecule has 82 valence electrons. The van der Waals surface area contributed by atoms with Gasteiger partial charge in [-0.15, -0.1) is 0 Å². The molecule has 15 heavy (non-hydrogen) atoms. The Labute approximate surface area is 90.0 Å². The highest BCUT2D eigenvalue weighted by molar-refractivity contribution is 5.89. The molecule has 0 saturated heterocycles. The number of hydrogen-bond donors (Lipinski definition) is 0. The Hall–Kier alpha value is -1.51. The normalized spacial score (nSPS) is 11.9. The molecule has 0 aliphatic rings. The first-order valence-electron chi connectivity index (χ1n) is 5.02. The van der Waals surface area contributed by atoms with Gasteiger partial charge in [-0.3, -0.25) is 0 Å². The molecule has 0 heterocycles. The van der Waals surface area contributed by atoms with E-state index in [9.17, 15) is 4.79 Å². The average molecular weight is 208 g/mol. The quantitative estimate of drug-likeness (QED) is 0.713. The molecule has 0 fully saturated rings. The number of esters is 1. The van der Waals surface area contributed by atoms with Crippen molar-refractivity contribution in [2.75, 3.05) is 7.11 Å². The van der Waals surface area contributed by atoms with E-state index in [1.807, 2.05) is 13.8 Å². The zero-order valence-corrected chi connectivity index (χ0v) is 9.32. The summed E-state index contributed by atoms with van der Waals surface area (Å²) in [4.78, 5) is 11.6. The van der Waals surface area contributed by atoms with E-state index in [2.05, 4.69) is 0 Å². The summed E-state index contributed by atoms with van der Waals surface area (Å²) in [6.45, 7) is 3.85. The monoisotopic (exact) mass is 208 g/mol. The van der Waals surface area contributed by atoms with Crippen LogP contribution >= 0.6 is 0 Å². The van der Waals surface area contributed by atoms with Crippen molar-refractivity contribution in [2.24, 2.45) is 0 Å². The lowest BCUT2D eigenvalue weighted by Gasteiger charge is -2.10. The maximum Gasteiger partial charge on any atom is 0.338 e. The summed E-state index contributed by atoms with van der Waals surface area (Å²) in [5.74, 6) is 0.446. The second-order valence-corrected chi connectivity index (χ2v) is 3.35. The number of carbonyl (C=O) groups excluding carboxylic acids is 1. The summed E-state index contributed by atoms with van der Waals surface area (Å²) in [5.41, 5.74) is 0.552.